The summed E-state index contributed by atoms with van der Waals surface area (Å²) < 4.78 is 29.3. The molecule has 0 bridgehead atoms. The van der Waals surface area contributed by atoms with Crippen LogP contribution in [-0.4, -0.2) is 42.7 Å². The SMILES string of the molecule is CC(=O)Nc1ccc(S(=O)(=O)N[C@@H](C)C(=O)N2CCCCC2c2nc3ccccc3s2)cc1. The van der Waals surface area contributed by atoms with Gasteiger partial charge in [-0.25, -0.2) is 13.4 Å². The second kappa shape index (κ2) is 9.58. The van der Waals surface area contributed by atoms with Gasteiger partial charge in [0, 0.05) is 19.2 Å². The van der Waals surface area contributed by atoms with Crippen LogP contribution in [0.2, 0.25) is 0 Å². The summed E-state index contributed by atoms with van der Waals surface area (Å²) in [5, 5.41) is 3.48. The molecule has 0 spiro atoms. The molecule has 1 saturated heterocycles. The second-order valence-corrected chi connectivity index (χ2v) is 10.9. The van der Waals surface area contributed by atoms with Crippen molar-refractivity contribution in [2.75, 3.05) is 11.9 Å². The number of sulfonamides is 1. The largest absolute Gasteiger partial charge is 0.332 e. The lowest BCUT2D eigenvalue weighted by atomic mass is 10.0. The van der Waals surface area contributed by atoms with Gasteiger partial charge in [-0.15, -0.1) is 11.3 Å². The van der Waals surface area contributed by atoms with Crippen LogP contribution in [0, 0.1) is 0 Å². The number of rotatable bonds is 6. The zero-order chi connectivity index (χ0) is 23.6. The number of carbonyl (C=O) groups is 2. The van der Waals surface area contributed by atoms with E-state index in [9.17, 15) is 18.0 Å². The Hall–Kier alpha value is -2.82. The van der Waals surface area contributed by atoms with Gasteiger partial charge in [0.1, 0.15) is 5.01 Å². The summed E-state index contributed by atoms with van der Waals surface area (Å²) in [6, 6.07) is 12.6. The lowest BCUT2D eigenvalue weighted by Crippen LogP contribution is -2.49. The van der Waals surface area contributed by atoms with E-state index in [-0.39, 0.29) is 22.8 Å². The van der Waals surface area contributed by atoms with Crippen LogP contribution >= 0.6 is 11.3 Å². The van der Waals surface area contributed by atoms with Crippen molar-refractivity contribution < 1.29 is 18.0 Å². The van der Waals surface area contributed by atoms with E-state index < -0.39 is 16.1 Å². The Balaban J connectivity index is 1.50. The van der Waals surface area contributed by atoms with Gasteiger partial charge in [-0.1, -0.05) is 12.1 Å². The van der Waals surface area contributed by atoms with E-state index in [2.05, 4.69) is 10.0 Å². The highest BCUT2D eigenvalue weighted by molar-refractivity contribution is 7.89. The van der Waals surface area contributed by atoms with Crippen LogP contribution in [0.1, 0.15) is 44.2 Å². The Labute approximate surface area is 197 Å². The third-order valence-corrected chi connectivity index (χ3v) is 8.26. The lowest BCUT2D eigenvalue weighted by molar-refractivity contribution is -0.136. The summed E-state index contributed by atoms with van der Waals surface area (Å²) in [4.78, 5) is 31.0. The van der Waals surface area contributed by atoms with E-state index in [1.54, 1.807) is 23.2 Å². The first-order valence-corrected chi connectivity index (χ1v) is 13.1. The summed E-state index contributed by atoms with van der Waals surface area (Å²) in [5.41, 5.74) is 1.41. The quantitative estimate of drug-likeness (QED) is 0.553. The Morgan fingerprint density at radius 1 is 1.12 bits per heavy atom. The van der Waals surface area contributed by atoms with Crippen molar-refractivity contribution >= 4 is 49.1 Å². The minimum Gasteiger partial charge on any atom is -0.332 e. The molecule has 2 heterocycles. The van der Waals surface area contributed by atoms with Crippen molar-refractivity contribution in [3.63, 3.8) is 0 Å². The molecule has 2 N–H and O–H groups in total. The summed E-state index contributed by atoms with van der Waals surface area (Å²) in [7, 11) is -3.91. The number of hydrogen-bond acceptors (Lipinski definition) is 6. The molecule has 1 aliphatic heterocycles. The number of aromatic nitrogens is 1. The van der Waals surface area contributed by atoms with Crippen LogP contribution in [0.3, 0.4) is 0 Å². The van der Waals surface area contributed by atoms with Gasteiger partial charge in [-0.3, -0.25) is 9.59 Å². The minimum atomic E-state index is -3.91. The first kappa shape index (κ1) is 23.3. The number of carbonyl (C=O) groups excluding carboxylic acids is 2. The van der Waals surface area contributed by atoms with Gasteiger partial charge in [-0.05, 0) is 62.6 Å². The number of thiazole rings is 1. The van der Waals surface area contributed by atoms with Crippen molar-refractivity contribution in [1.29, 1.82) is 0 Å². The zero-order valence-corrected chi connectivity index (χ0v) is 20.1. The molecule has 2 aromatic carbocycles. The van der Waals surface area contributed by atoms with E-state index in [4.69, 9.17) is 4.98 Å². The number of para-hydroxylation sites is 1. The number of piperidine rings is 1. The predicted octanol–water partition coefficient (Wildman–Crippen LogP) is 3.68. The van der Waals surface area contributed by atoms with Gasteiger partial charge in [0.25, 0.3) is 0 Å². The molecule has 1 aliphatic rings. The van der Waals surface area contributed by atoms with Crippen LogP contribution < -0.4 is 10.0 Å². The highest BCUT2D eigenvalue weighted by Crippen LogP contribution is 2.36. The Morgan fingerprint density at radius 3 is 2.55 bits per heavy atom. The lowest BCUT2D eigenvalue weighted by Gasteiger charge is -2.36. The van der Waals surface area contributed by atoms with E-state index in [0.29, 0.717) is 12.2 Å². The summed E-state index contributed by atoms with van der Waals surface area (Å²) in [6.45, 7) is 3.51. The van der Waals surface area contributed by atoms with E-state index >= 15 is 0 Å². The molecule has 174 valence electrons. The fourth-order valence-electron chi connectivity index (χ4n) is 4.01. The number of nitrogens with one attached hydrogen (secondary N) is 2. The van der Waals surface area contributed by atoms with Crippen LogP contribution in [0.4, 0.5) is 5.69 Å². The van der Waals surface area contributed by atoms with Crippen molar-refractivity contribution in [2.24, 2.45) is 0 Å². The third-order valence-electron chi connectivity index (χ3n) is 5.57. The van der Waals surface area contributed by atoms with Crippen molar-refractivity contribution in [1.82, 2.24) is 14.6 Å². The molecule has 1 unspecified atom stereocenters. The molecule has 0 aliphatic carbocycles. The Kier molecular flexibility index (Phi) is 6.78. The normalized spacial score (nSPS) is 17.6. The molecule has 0 radical (unpaired) electrons. The zero-order valence-electron chi connectivity index (χ0n) is 18.4. The fourth-order valence-corrected chi connectivity index (χ4v) is 6.32. The van der Waals surface area contributed by atoms with Crippen molar-refractivity contribution in [3.8, 4) is 0 Å². The second-order valence-electron chi connectivity index (χ2n) is 8.11. The molecule has 1 fully saturated rings. The molecule has 33 heavy (non-hydrogen) atoms. The highest BCUT2D eigenvalue weighted by atomic mass is 32.2. The van der Waals surface area contributed by atoms with Gasteiger partial charge in [0.2, 0.25) is 21.8 Å². The van der Waals surface area contributed by atoms with Crippen LogP contribution in [0.25, 0.3) is 10.2 Å². The van der Waals surface area contributed by atoms with E-state index in [1.807, 2.05) is 24.3 Å². The number of hydrogen-bond donors (Lipinski definition) is 2. The number of amides is 2. The number of nitrogens with zero attached hydrogens (tertiary/aromatic N) is 2. The maximum atomic E-state index is 13.3. The molecule has 10 heteroatoms. The van der Waals surface area contributed by atoms with E-state index in [1.165, 1.54) is 31.2 Å². The average molecular weight is 487 g/mol. The van der Waals surface area contributed by atoms with E-state index in [0.717, 1.165) is 34.5 Å². The third kappa shape index (κ3) is 5.23. The first-order valence-electron chi connectivity index (χ1n) is 10.8. The van der Waals surface area contributed by atoms with Crippen LogP contribution in [0.15, 0.2) is 53.4 Å². The van der Waals surface area contributed by atoms with Gasteiger partial charge in [-0.2, -0.15) is 4.72 Å². The van der Waals surface area contributed by atoms with Gasteiger partial charge in [0.15, 0.2) is 0 Å². The molecule has 3 aromatic rings. The molecule has 8 nitrogen and oxygen atoms in total. The molecule has 1 aromatic heterocycles. The minimum absolute atomic E-state index is 0.0256. The number of fused-ring (bicyclic) bond motifs is 1. The van der Waals surface area contributed by atoms with Crippen molar-refractivity contribution in [3.05, 3.63) is 53.5 Å². The monoisotopic (exact) mass is 486 g/mol. The predicted molar refractivity (Wildman–Crippen MR) is 128 cm³/mol. The first-order chi connectivity index (χ1) is 15.7. The van der Waals surface area contributed by atoms with Gasteiger partial charge >= 0.3 is 0 Å². The molecule has 2 atom stereocenters. The maximum absolute atomic E-state index is 13.3. The van der Waals surface area contributed by atoms with Crippen LogP contribution in [-0.2, 0) is 19.6 Å². The molecule has 0 saturated carbocycles. The number of likely N-dealkylation sites (tertiary alicyclic amines) is 1. The highest BCUT2D eigenvalue weighted by Gasteiger charge is 2.34. The number of anilines is 1. The molecular formula is C23H26N4O4S2. The smallest absolute Gasteiger partial charge is 0.241 e. The molecule has 4 rings (SSSR count). The standard InChI is InChI=1S/C23H26N4O4S2/c1-15(26-33(30,31)18-12-10-17(11-13-18)24-16(2)28)23(29)27-14-6-5-8-20(27)22-25-19-7-3-4-9-21(19)32-22/h3-4,7,9-13,15,20,26H,5-6,8,14H2,1-2H3,(H,24,28)/t15-,20?/m0/s1. The Morgan fingerprint density at radius 2 is 1.85 bits per heavy atom. The summed E-state index contributed by atoms with van der Waals surface area (Å²) >= 11 is 1.58. The molecule has 2 amide bonds. The Bertz CT molecular complexity index is 1240. The van der Waals surface area contributed by atoms with Crippen LogP contribution in [0.5, 0.6) is 0 Å². The van der Waals surface area contributed by atoms with Gasteiger partial charge < -0.3 is 10.2 Å². The fraction of sp³-hybridized carbons (Fsp3) is 0.348. The molecular weight excluding hydrogens is 460 g/mol. The summed E-state index contributed by atoms with van der Waals surface area (Å²) in [6.07, 6.45) is 2.66. The van der Waals surface area contributed by atoms with Gasteiger partial charge in [0.05, 0.1) is 27.2 Å². The topological polar surface area (TPSA) is 108 Å². The van der Waals surface area contributed by atoms with Crippen molar-refractivity contribution in [2.45, 2.75) is 50.1 Å². The number of benzene rings is 2. The average Bonchev–Trinajstić information content (AvgIpc) is 3.22. The summed E-state index contributed by atoms with van der Waals surface area (Å²) in [5.74, 6) is -0.510. The maximum Gasteiger partial charge on any atom is 0.241 e.